The summed E-state index contributed by atoms with van der Waals surface area (Å²) in [6.07, 6.45) is 0.491. The first-order valence-corrected chi connectivity index (χ1v) is 4.11. The molecular weight excluding hydrogens is 167 g/mol. The van der Waals surface area contributed by atoms with E-state index in [-0.39, 0.29) is 11.6 Å². The molecule has 0 heterocycles. The number of halogens is 1. The maximum absolute atomic E-state index is 13.1. The van der Waals surface area contributed by atoms with Gasteiger partial charge in [0.25, 0.3) is 0 Å². The van der Waals surface area contributed by atoms with E-state index < -0.39 is 0 Å². The summed E-state index contributed by atoms with van der Waals surface area (Å²) in [6.45, 7) is 5.29. The summed E-state index contributed by atoms with van der Waals surface area (Å²) in [6, 6.07) is 3.03. The Morgan fingerprint density at radius 3 is 2.85 bits per heavy atom. The van der Waals surface area contributed by atoms with Crippen LogP contribution in [-0.2, 0) is 6.42 Å². The van der Waals surface area contributed by atoms with Crippen LogP contribution in [0.1, 0.15) is 21.5 Å². The van der Waals surface area contributed by atoms with Gasteiger partial charge in [0.2, 0.25) is 0 Å². The SMILES string of the molecule is C=C1Cc2cc(F)c(C)cc2C1=O. The fourth-order valence-corrected chi connectivity index (χ4v) is 1.58. The molecule has 0 aliphatic heterocycles. The van der Waals surface area contributed by atoms with Crippen LogP contribution in [0.25, 0.3) is 0 Å². The number of Topliss-reactive ketones (excluding diaryl/α,β-unsaturated/α-hetero) is 1. The van der Waals surface area contributed by atoms with Gasteiger partial charge < -0.3 is 0 Å². The van der Waals surface area contributed by atoms with Crippen molar-refractivity contribution >= 4 is 5.78 Å². The molecule has 1 aliphatic rings. The standard InChI is InChI=1S/C11H9FO/c1-6-4-9-8(5-10(6)12)3-7(2)11(9)13/h4-5H,2-3H2,1H3. The quantitative estimate of drug-likeness (QED) is 0.555. The Morgan fingerprint density at radius 1 is 1.46 bits per heavy atom. The molecule has 1 aromatic rings. The van der Waals surface area contributed by atoms with E-state index in [0.29, 0.717) is 23.1 Å². The van der Waals surface area contributed by atoms with Crippen LogP contribution in [0.4, 0.5) is 4.39 Å². The largest absolute Gasteiger partial charge is 0.289 e. The highest BCUT2D eigenvalue weighted by Gasteiger charge is 2.24. The molecule has 0 saturated heterocycles. The second-order valence-corrected chi connectivity index (χ2v) is 3.37. The molecule has 0 atom stereocenters. The van der Waals surface area contributed by atoms with Crippen molar-refractivity contribution in [1.29, 1.82) is 0 Å². The summed E-state index contributed by atoms with van der Waals surface area (Å²) >= 11 is 0. The Balaban J connectivity index is 2.66. The Labute approximate surface area is 75.9 Å². The van der Waals surface area contributed by atoms with E-state index in [2.05, 4.69) is 6.58 Å². The van der Waals surface area contributed by atoms with Gasteiger partial charge in [0, 0.05) is 12.0 Å². The third kappa shape index (κ3) is 1.10. The zero-order valence-electron chi connectivity index (χ0n) is 7.36. The van der Waals surface area contributed by atoms with Gasteiger partial charge in [0.05, 0.1) is 0 Å². The van der Waals surface area contributed by atoms with Crippen LogP contribution < -0.4 is 0 Å². The lowest BCUT2D eigenvalue weighted by Crippen LogP contribution is -1.95. The topological polar surface area (TPSA) is 17.1 Å². The molecule has 66 valence electrons. The minimum absolute atomic E-state index is 0.0434. The molecule has 0 radical (unpaired) electrons. The van der Waals surface area contributed by atoms with E-state index in [4.69, 9.17) is 0 Å². The predicted molar refractivity (Wildman–Crippen MR) is 48.3 cm³/mol. The van der Waals surface area contributed by atoms with Crippen molar-refractivity contribution in [3.05, 3.63) is 46.8 Å². The number of benzene rings is 1. The molecule has 2 rings (SSSR count). The molecule has 0 unspecified atom stereocenters. The number of hydrogen-bond acceptors (Lipinski definition) is 1. The number of hydrogen-bond donors (Lipinski definition) is 0. The zero-order chi connectivity index (χ0) is 9.59. The Kier molecular flexibility index (Phi) is 1.59. The molecule has 1 nitrogen and oxygen atoms in total. The summed E-state index contributed by atoms with van der Waals surface area (Å²) < 4.78 is 13.1. The normalized spacial score (nSPS) is 14.9. The minimum atomic E-state index is -0.249. The van der Waals surface area contributed by atoms with E-state index in [1.54, 1.807) is 13.0 Å². The third-order valence-corrected chi connectivity index (χ3v) is 2.35. The summed E-state index contributed by atoms with van der Waals surface area (Å²) in [5.74, 6) is -0.292. The lowest BCUT2D eigenvalue weighted by atomic mass is 10.1. The molecule has 0 fully saturated rings. The van der Waals surface area contributed by atoms with Crippen molar-refractivity contribution < 1.29 is 9.18 Å². The van der Waals surface area contributed by atoms with E-state index >= 15 is 0 Å². The van der Waals surface area contributed by atoms with Crippen molar-refractivity contribution in [3.63, 3.8) is 0 Å². The van der Waals surface area contributed by atoms with Crippen LogP contribution >= 0.6 is 0 Å². The number of aryl methyl sites for hydroxylation is 1. The highest BCUT2D eigenvalue weighted by molar-refractivity contribution is 6.12. The molecule has 0 bridgehead atoms. The molecule has 2 heteroatoms. The number of ketones is 1. The van der Waals surface area contributed by atoms with E-state index in [0.717, 1.165) is 5.56 Å². The first-order valence-electron chi connectivity index (χ1n) is 4.11. The molecule has 0 spiro atoms. The van der Waals surface area contributed by atoms with E-state index in [1.165, 1.54) is 6.07 Å². The van der Waals surface area contributed by atoms with Crippen LogP contribution in [-0.4, -0.2) is 5.78 Å². The van der Waals surface area contributed by atoms with Crippen molar-refractivity contribution in [1.82, 2.24) is 0 Å². The highest BCUT2D eigenvalue weighted by atomic mass is 19.1. The van der Waals surface area contributed by atoms with Gasteiger partial charge >= 0.3 is 0 Å². The molecule has 1 aromatic carbocycles. The maximum atomic E-state index is 13.1. The Morgan fingerprint density at radius 2 is 2.15 bits per heavy atom. The fraction of sp³-hybridized carbons (Fsp3) is 0.182. The Hall–Kier alpha value is -1.44. The van der Waals surface area contributed by atoms with Gasteiger partial charge in [0.15, 0.2) is 5.78 Å². The first kappa shape index (κ1) is 8.17. The van der Waals surface area contributed by atoms with Gasteiger partial charge in [-0.3, -0.25) is 4.79 Å². The first-order chi connectivity index (χ1) is 6.09. The number of carbonyl (C=O) groups excluding carboxylic acids is 1. The molecule has 0 saturated carbocycles. The third-order valence-electron chi connectivity index (χ3n) is 2.35. The van der Waals surface area contributed by atoms with Gasteiger partial charge in [-0.05, 0) is 35.8 Å². The van der Waals surface area contributed by atoms with Crippen LogP contribution in [0.3, 0.4) is 0 Å². The van der Waals surface area contributed by atoms with Gasteiger partial charge in [0.1, 0.15) is 5.82 Å². The lowest BCUT2D eigenvalue weighted by molar-refractivity contribution is 0.104. The average molecular weight is 176 g/mol. The van der Waals surface area contributed by atoms with Crippen molar-refractivity contribution in [2.24, 2.45) is 0 Å². The number of carbonyl (C=O) groups is 1. The summed E-state index contributed by atoms with van der Waals surface area (Å²) in [4.78, 5) is 11.4. The predicted octanol–water partition coefficient (Wildman–Crippen LogP) is 2.43. The minimum Gasteiger partial charge on any atom is -0.289 e. The average Bonchev–Trinajstić information content (AvgIpc) is 2.32. The highest BCUT2D eigenvalue weighted by Crippen LogP contribution is 2.27. The van der Waals surface area contributed by atoms with Gasteiger partial charge in [-0.1, -0.05) is 6.58 Å². The lowest BCUT2D eigenvalue weighted by Gasteiger charge is -1.99. The molecule has 1 aliphatic carbocycles. The zero-order valence-corrected chi connectivity index (χ0v) is 7.36. The fourth-order valence-electron chi connectivity index (χ4n) is 1.58. The van der Waals surface area contributed by atoms with Gasteiger partial charge in [-0.2, -0.15) is 0 Å². The van der Waals surface area contributed by atoms with E-state index in [1.807, 2.05) is 0 Å². The van der Waals surface area contributed by atoms with Crippen molar-refractivity contribution in [2.45, 2.75) is 13.3 Å². The monoisotopic (exact) mass is 176 g/mol. The Bertz CT molecular complexity index is 418. The van der Waals surface area contributed by atoms with E-state index in [9.17, 15) is 9.18 Å². The molecule has 0 N–H and O–H groups in total. The number of fused-ring (bicyclic) bond motifs is 1. The van der Waals surface area contributed by atoms with Crippen LogP contribution in [0.15, 0.2) is 24.3 Å². The number of allylic oxidation sites excluding steroid dienone is 1. The summed E-state index contributed by atoms with van der Waals surface area (Å²) in [5.41, 5.74) is 2.45. The van der Waals surface area contributed by atoms with Crippen molar-refractivity contribution in [3.8, 4) is 0 Å². The number of rotatable bonds is 0. The van der Waals surface area contributed by atoms with Gasteiger partial charge in [-0.25, -0.2) is 4.39 Å². The molecular formula is C11H9FO. The van der Waals surface area contributed by atoms with Crippen LogP contribution in [0, 0.1) is 12.7 Å². The summed E-state index contributed by atoms with van der Waals surface area (Å²) in [7, 11) is 0. The smallest absolute Gasteiger partial charge is 0.189 e. The maximum Gasteiger partial charge on any atom is 0.189 e. The second kappa shape index (κ2) is 2.52. The molecule has 0 amide bonds. The second-order valence-electron chi connectivity index (χ2n) is 3.37. The van der Waals surface area contributed by atoms with Crippen molar-refractivity contribution in [2.75, 3.05) is 0 Å². The van der Waals surface area contributed by atoms with Gasteiger partial charge in [-0.15, -0.1) is 0 Å². The van der Waals surface area contributed by atoms with Crippen LogP contribution in [0.5, 0.6) is 0 Å². The molecule has 13 heavy (non-hydrogen) atoms. The van der Waals surface area contributed by atoms with Crippen LogP contribution in [0.2, 0.25) is 0 Å². The summed E-state index contributed by atoms with van der Waals surface area (Å²) in [5, 5.41) is 0. The molecule has 0 aromatic heterocycles.